The maximum absolute atomic E-state index is 12.4. The summed E-state index contributed by atoms with van der Waals surface area (Å²) in [7, 11) is 0. The summed E-state index contributed by atoms with van der Waals surface area (Å²) in [5, 5.41) is 13.2. The third-order valence-electron chi connectivity index (χ3n) is 4.26. The standard InChI is InChI=1S/C20H23NO3/c1-2-10-24-16-8-5-6-14(11-16)12-19(23)21-20-17-9-4-3-7-15(17)13-18(20)22/h3-9,11,18,20,22H,2,10,12-13H2,1H3,(H,21,23)/t18-,20+/m0/s1. The predicted molar refractivity (Wildman–Crippen MR) is 93.0 cm³/mol. The van der Waals surface area contributed by atoms with E-state index in [2.05, 4.69) is 12.2 Å². The average molecular weight is 325 g/mol. The largest absolute Gasteiger partial charge is 0.494 e. The highest BCUT2D eigenvalue weighted by molar-refractivity contribution is 5.79. The smallest absolute Gasteiger partial charge is 0.224 e. The number of hydrogen-bond donors (Lipinski definition) is 2. The van der Waals surface area contributed by atoms with Gasteiger partial charge >= 0.3 is 0 Å². The van der Waals surface area contributed by atoms with Crippen molar-refractivity contribution in [2.75, 3.05) is 6.61 Å². The van der Waals surface area contributed by atoms with Crippen LogP contribution in [0.15, 0.2) is 48.5 Å². The molecule has 0 radical (unpaired) electrons. The molecule has 1 amide bonds. The van der Waals surface area contributed by atoms with E-state index in [1.54, 1.807) is 0 Å². The fourth-order valence-corrected chi connectivity index (χ4v) is 3.12. The van der Waals surface area contributed by atoms with E-state index in [0.29, 0.717) is 13.0 Å². The molecular formula is C20H23NO3. The van der Waals surface area contributed by atoms with Crippen LogP contribution in [0.1, 0.15) is 36.1 Å². The molecule has 1 aliphatic carbocycles. The summed E-state index contributed by atoms with van der Waals surface area (Å²) in [6, 6.07) is 15.1. The minimum absolute atomic E-state index is 0.0941. The number of hydrogen-bond acceptors (Lipinski definition) is 3. The second-order valence-corrected chi connectivity index (χ2v) is 6.19. The van der Waals surface area contributed by atoms with Gasteiger partial charge in [0, 0.05) is 6.42 Å². The molecule has 2 aromatic rings. The Morgan fingerprint density at radius 1 is 1.25 bits per heavy atom. The van der Waals surface area contributed by atoms with Crippen LogP contribution < -0.4 is 10.1 Å². The molecule has 0 spiro atoms. The summed E-state index contributed by atoms with van der Waals surface area (Å²) in [6.07, 6.45) is 1.24. The molecule has 2 N–H and O–H groups in total. The van der Waals surface area contributed by atoms with Crippen LogP contribution in [0.25, 0.3) is 0 Å². The van der Waals surface area contributed by atoms with Gasteiger partial charge in [0.15, 0.2) is 0 Å². The summed E-state index contributed by atoms with van der Waals surface area (Å²) in [6.45, 7) is 2.72. The Labute approximate surface area is 142 Å². The topological polar surface area (TPSA) is 58.6 Å². The van der Waals surface area contributed by atoms with Gasteiger partial charge in [0.25, 0.3) is 0 Å². The number of carbonyl (C=O) groups is 1. The number of fused-ring (bicyclic) bond motifs is 1. The number of aliphatic hydroxyl groups excluding tert-OH is 1. The summed E-state index contributed by atoms with van der Waals surface area (Å²) in [5.74, 6) is 0.691. The molecule has 0 saturated heterocycles. The van der Waals surface area contributed by atoms with Gasteiger partial charge in [0.05, 0.1) is 25.2 Å². The fraction of sp³-hybridized carbons (Fsp3) is 0.350. The van der Waals surface area contributed by atoms with Crippen molar-refractivity contribution in [2.24, 2.45) is 0 Å². The summed E-state index contributed by atoms with van der Waals surface area (Å²) < 4.78 is 5.60. The maximum Gasteiger partial charge on any atom is 0.224 e. The number of amides is 1. The lowest BCUT2D eigenvalue weighted by atomic mass is 10.1. The lowest BCUT2D eigenvalue weighted by Crippen LogP contribution is -2.34. The van der Waals surface area contributed by atoms with E-state index in [9.17, 15) is 9.90 Å². The lowest BCUT2D eigenvalue weighted by molar-refractivity contribution is -0.121. The number of aliphatic hydroxyl groups is 1. The molecule has 3 rings (SSSR count). The first-order chi connectivity index (χ1) is 11.7. The van der Waals surface area contributed by atoms with Crippen LogP contribution in [-0.2, 0) is 17.6 Å². The molecule has 2 aromatic carbocycles. The van der Waals surface area contributed by atoms with E-state index in [4.69, 9.17) is 4.74 Å². The van der Waals surface area contributed by atoms with Gasteiger partial charge in [0.2, 0.25) is 5.91 Å². The Balaban J connectivity index is 1.64. The monoisotopic (exact) mass is 325 g/mol. The van der Waals surface area contributed by atoms with Crippen molar-refractivity contribution >= 4 is 5.91 Å². The van der Waals surface area contributed by atoms with Crippen LogP contribution in [-0.4, -0.2) is 23.7 Å². The fourth-order valence-electron chi connectivity index (χ4n) is 3.12. The Bertz CT molecular complexity index is 714. The number of carbonyl (C=O) groups excluding carboxylic acids is 1. The summed E-state index contributed by atoms with van der Waals surface area (Å²) >= 11 is 0. The van der Waals surface area contributed by atoms with Gasteiger partial charge in [-0.3, -0.25) is 4.79 Å². The number of benzene rings is 2. The van der Waals surface area contributed by atoms with E-state index < -0.39 is 6.10 Å². The number of ether oxygens (including phenoxy) is 1. The second kappa shape index (κ2) is 7.49. The first kappa shape index (κ1) is 16.5. The molecule has 1 aliphatic rings. The van der Waals surface area contributed by atoms with Crippen LogP contribution in [0.5, 0.6) is 5.75 Å². The van der Waals surface area contributed by atoms with E-state index in [1.165, 1.54) is 0 Å². The zero-order chi connectivity index (χ0) is 16.9. The number of rotatable bonds is 6. The van der Waals surface area contributed by atoms with Gasteiger partial charge in [-0.05, 0) is 35.2 Å². The van der Waals surface area contributed by atoms with Crippen LogP contribution >= 0.6 is 0 Å². The van der Waals surface area contributed by atoms with Crippen LogP contribution in [0, 0.1) is 0 Å². The van der Waals surface area contributed by atoms with Crippen molar-refractivity contribution in [3.63, 3.8) is 0 Å². The molecule has 4 nitrogen and oxygen atoms in total. The van der Waals surface area contributed by atoms with Gasteiger partial charge < -0.3 is 15.2 Å². The normalized spacial score (nSPS) is 18.9. The minimum Gasteiger partial charge on any atom is -0.494 e. The minimum atomic E-state index is -0.564. The molecule has 0 aromatic heterocycles. The van der Waals surface area contributed by atoms with E-state index in [1.807, 2.05) is 48.5 Å². The molecule has 0 heterocycles. The molecule has 0 fully saturated rings. The molecule has 0 unspecified atom stereocenters. The van der Waals surface area contributed by atoms with E-state index in [-0.39, 0.29) is 18.4 Å². The molecule has 0 bridgehead atoms. The van der Waals surface area contributed by atoms with E-state index in [0.717, 1.165) is 28.9 Å². The highest BCUT2D eigenvalue weighted by Crippen LogP contribution is 2.31. The van der Waals surface area contributed by atoms with Crippen molar-refractivity contribution in [1.29, 1.82) is 0 Å². The van der Waals surface area contributed by atoms with Crippen molar-refractivity contribution in [3.8, 4) is 5.75 Å². The van der Waals surface area contributed by atoms with Crippen molar-refractivity contribution < 1.29 is 14.6 Å². The SMILES string of the molecule is CCCOc1cccc(CC(=O)N[C@@H]2c3ccccc3C[C@@H]2O)c1. The Morgan fingerprint density at radius 3 is 2.92 bits per heavy atom. The third-order valence-corrected chi connectivity index (χ3v) is 4.26. The molecule has 0 saturated carbocycles. The van der Waals surface area contributed by atoms with Gasteiger partial charge in [-0.25, -0.2) is 0 Å². The highest BCUT2D eigenvalue weighted by Gasteiger charge is 2.31. The third kappa shape index (κ3) is 3.77. The number of nitrogens with one attached hydrogen (secondary N) is 1. The molecular weight excluding hydrogens is 302 g/mol. The Hall–Kier alpha value is -2.33. The quantitative estimate of drug-likeness (QED) is 0.858. The lowest BCUT2D eigenvalue weighted by Gasteiger charge is -2.18. The van der Waals surface area contributed by atoms with E-state index >= 15 is 0 Å². The van der Waals surface area contributed by atoms with Gasteiger partial charge in [-0.15, -0.1) is 0 Å². The first-order valence-electron chi connectivity index (χ1n) is 8.44. The van der Waals surface area contributed by atoms with Crippen molar-refractivity contribution in [3.05, 3.63) is 65.2 Å². The summed E-state index contributed by atoms with van der Waals surface area (Å²) in [5.41, 5.74) is 3.02. The molecule has 126 valence electrons. The van der Waals surface area contributed by atoms with Gasteiger partial charge in [-0.2, -0.15) is 0 Å². The molecule has 4 heteroatoms. The molecule has 2 atom stereocenters. The van der Waals surface area contributed by atoms with Crippen LogP contribution in [0.3, 0.4) is 0 Å². The second-order valence-electron chi connectivity index (χ2n) is 6.19. The first-order valence-corrected chi connectivity index (χ1v) is 8.44. The zero-order valence-electron chi connectivity index (χ0n) is 13.9. The van der Waals surface area contributed by atoms with Gasteiger partial charge in [-0.1, -0.05) is 43.3 Å². The predicted octanol–water partition coefficient (Wildman–Crippen LogP) is 2.79. The highest BCUT2D eigenvalue weighted by atomic mass is 16.5. The Morgan fingerprint density at radius 2 is 2.08 bits per heavy atom. The van der Waals surface area contributed by atoms with Crippen LogP contribution in [0.2, 0.25) is 0 Å². The molecule has 24 heavy (non-hydrogen) atoms. The molecule has 0 aliphatic heterocycles. The van der Waals surface area contributed by atoms with Crippen molar-refractivity contribution in [2.45, 2.75) is 38.3 Å². The van der Waals surface area contributed by atoms with Crippen LogP contribution in [0.4, 0.5) is 0 Å². The Kier molecular flexibility index (Phi) is 5.16. The maximum atomic E-state index is 12.4. The van der Waals surface area contributed by atoms with Crippen molar-refractivity contribution in [1.82, 2.24) is 5.32 Å². The van der Waals surface area contributed by atoms with Gasteiger partial charge in [0.1, 0.15) is 5.75 Å². The average Bonchev–Trinajstić information content (AvgIpc) is 2.89. The zero-order valence-corrected chi connectivity index (χ0v) is 13.9. The summed E-state index contributed by atoms with van der Waals surface area (Å²) in [4.78, 5) is 12.4.